The van der Waals surface area contributed by atoms with E-state index in [1.807, 2.05) is 0 Å². The topological polar surface area (TPSA) is 80.3 Å². The van der Waals surface area contributed by atoms with Crippen LogP contribution in [-0.4, -0.2) is 56.2 Å². The number of halogens is 17. The molecule has 0 radical (unpaired) electrons. The van der Waals surface area contributed by atoms with Crippen molar-refractivity contribution in [3.63, 3.8) is 0 Å². The van der Waals surface area contributed by atoms with Crippen LogP contribution >= 0.6 is 0 Å². The molecule has 0 fully saturated rings. The predicted molar refractivity (Wildman–Crippen MR) is 83.9 cm³/mol. The first kappa shape index (κ1) is 35.7. The van der Waals surface area contributed by atoms with Gasteiger partial charge >= 0.3 is 56.2 Å². The largest absolute Gasteiger partial charge is 0.471 e. The van der Waals surface area contributed by atoms with Gasteiger partial charge in [-0.05, 0) is 24.3 Å². The molecule has 0 unspecified atom stereocenters. The minimum Gasteiger partial charge on any atom is -0.207 e. The highest BCUT2D eigenvalue weighted by Gasteiger charge is 2.73. The van der Waals surface area contributed by atoms with E-state index >= 15 is 0 Å². The Hall–Kier alpha value is -1.31. The second-order valence-corrected chi connectivity index (χ2v) is 12.5. The molecule has 0 bridgehead atoms. The monoisotopic (exact) mass is 736 g/mol. The second kappa shape index (κ2) is 11.1. The molecule has 0 heterocycles. The van der Waals surface area contributed by atoms with E-state index in [4.69, 9.17) is 0 Å². The summed E-state index contributed by atoms with van der Waals surface area (Å²) in [5.41, 5.74) is 0. The Labute approximate surface area is 205 Å². The molecule has 1 aromatic carbocycles. The van der Waals surface area contributed by atoms with Crippen molar-refractivity contribution in [1.29, 1.82) is 0 Å². The third kappa shape index (κ3) is 8.59. The fourth-order valence-corrected chi connectivity index (χ4v) is 6.13. The van der Waals surface area contributed by atoms with Crippen molar-refractivity contribution >= 4 is 20.0 Å². The van der Waals surface area contributed by atoms with Crippen LogP contribution in [-0.2, 0) is 20.0 Å². The lowest BCUT2D eigenvalue weighted by atomic mass is 10.4. The highest BCUT2D eigenvalue weighted by atomic mass is 127. The van der Waals surface area contributed by atoms with Crippen LogP contribution in [0.15, 0.2) is 24.3 Å². The molecule has 0 atom stereocenters. The standard InChI is InChI=1S/C9H6F6I.C4HF10NO4S2/c10-6-1-3-7(4-2-6)16-5-8(11,12)9(13,14)15;5-1(6,7)3(11,12)20(16,17)15-21(18,19)4(13,14)2(8,9)10/h1-4H,5H2;15H/q+1;. The highest BCUT2D eigenvalue weighted by Crippen LogP contribution is 2.43. The van der Waals surface area contributed by atoms with Gasteiger partial charge < -0.3 is 0 Å². The zero-order chi connectivity index (χ0) is 30.1. The Morgan fingerprint density at radius 3 is 1.19 bits per heavy atom. The van der Waals surface area contributed by atoms with Crippen molar-refractivity contribution in [1.82, 2.24) is 4.13 Å². The van der Waals surface area contributed by atoms with Crippen LogP contribution in [0.4, 0.5) is 70.2 Å². The molecule has 0 aliphatic heterocycles. The van der Waals surface area contributed by atoms with E-state index in [-0.39, 0.29) is 0 Å². The average molecular weight is 736 g/mol. The van der Waals surface area contributed by atoms with Crippen molar-refractivity contribution in [2.75, 3.05) is 4.43 Å². The summed E-state index contributed by atoms with van der Waals surface area (Å²) in [6.07, 6.45) is -19.4. The van der Waals surface area contributed by atoms with E-state index in [0.29, 0.717) is 3.57 Å². The number of hydrogen-bond acceptors (Lipinski definition) is 4. The van der Waals surface area contributed by atoms with Gasteiger partial charge in [0.2, 0.25) is 4.43 Å². The third-order valence-corrected chi connectivity index (χ3v) is 9.67. The van der Waals surface area contributed by atoms with E-state index in [1.165, 1.54) is 12.1 Å². The lowest BCUT2D eigenvalue weighted by Gasteiger charge is -2.23. The molecule has 1 aromatic rings. The van der Waals surface area contributed by atoms with Gasteiger partial charge in [0.1, 0.15) is 5.82 Å². The van der Waals surface area contributed by atoms with Gasteiger partial charge in [-0.25, -0.2) is 21.2 Å². The second-order valence-electron chi connectivity index (χ2n) is 6.03. The van der Waals surface area contributed by atoms with Crippen LogP contribution in [0.2, 0.25) is 0 Å². The summed E-state index contributed by atoms with van der Waals surface area (Å²) >= 11 is -1.48. The van der Waals surface area contributed by atoms with E-state index in [0.717, 1.165) is 12.1 Å². The maximum Gasteiger partial charge on any atom is 0.471 e. The molecule has 37 heavy (non-hydrogen) atoms. The first-order valence-corrected chi connectivity index (χ1v) is 13.5. The average Bonchev–Trinajstić information content (AvgIpc) is 2.64. The Kier molecular flexibility index (Phi) is 10.7. The van der Waals surface area contributed by atoms with Gasteiger partial charge in [0.15, 0.2) is 3.57 Å². The molecule has 218 valence electrons. The maximum absolute atomic E-state index is 12.5. The highest BCUT2D eigenvalue weighted by molar-refractivity contribution is 8.05. The summed E-state index contributed by atoms with van der Waals surface area (Å²) in [6, 6.07) is 4.55. The van der Waals surface area contributed by atoms with E-state index in [9.17, 15) is 87.1 Å². The summed E-state index contributed by atoms with van der Waals surface area (Å²) in [7, 11) is -15.0. The first-order chi connectivity index (χ1) is 15.9. The molecular weight excluding hydrogens is 729 g/mol. The van der Waals surface area contributed by atoms with Crippen molar-refractivity contribution in [3.05, 3.63) is 33.7 Å². The summed E-state index contributed by atoms with van der Waals surface area (Å²) in [5.74, 6) is -5.20. The van der Waals surface area contributed by atoms with Gasteiger partial charge in [0.25, 0.3) is 20.0 Å². The van der Waals surface area contributed by atoms with Crippen LogP contribution in [0.1, 0.15) is 0 Å². The summed E-state index contributed by atoms with van der Waals surface area (Å²) in [6.45, 7) is 0. The number of nitrogens with one attached hydrogen (secondary N) is 1. The Morgan fingerprint density at radius 1 is 0.595 bits per heavy atom. The van der Waals surface area contributed by atoms with Gasteiger partial charge in [-0.2, -0.15) is 65.9 Å². The molecule has 5 nitrogen and oxygen atoms in total. The van der Waals surface area contributed by atoms with E-state index < -0.39 is 90.6 Å². The van der Waals surface area contributed by atoms with Crippen LogP contribution < -0.4 is 25.3 Å². The number of hydrogen-bond donors (Lipinski definition) is 1. The van der Waals surface area contributed by atoms with Crippen molar-refractivity contribution in [2.24, 2.45) is 0 Å². The fraction of sp³-hybridized carbons (Fsp3) is 0.538. The Bertz CT molecular complexity index is 1070. The zero-order valence-electron chi connectivity index (χ0n) is 16.4. The summed E-state index contributed by atoms with van der Waals surface area (Å²) in [4.78, 5) is 0. The van der Waals surface area contributed by atoms with Crippen LogP contribution in [0.5, 0.6) is 0 Å². The molecule has 0 saturated carbocycles. The predicted octanol–water partition coefficient (Wildman–Crippen LogP) is 1.83. The maximum atomic E-state index is 12.5. The lowest BCUT2D eigenvalue weighted by molar-refractivity contribution is -0.651. The molecule has 0 saturated heterocycles. The quantitative estimate of drug-likeness (QED) is 0.264. The molecular formula is C13H7F16INO4S2+. The number of sulfonamides is 2. The summed E-state index contributed by atoms with van der Waals surface area (Å²) in [5, 5.41) is -13.9. The first-order valence-electron chi connectivity index (χ1n) is 7.89. The molecule has 24 heteroatoms. The fourth-order valence-electron chi connectivity index (χ4n) is 1.31. The van der Waals surface area contributed by atoms with Gasteiger partial charge in [-0.3, -0.25) is 0 Å². The zero-order valence-corrected chi connectivity index (χ0v) is 20.2. The Balaban J connectivity index is 0.000000724. The molecule has 1 rings (SSSR count). The van der Waals surface area contributed by atoms with Gasteiger partial charge in [0, 0.05) is 0 Å². The Morgan fingerprint density at radius 2 is 0.919 bits per heavy atom. The molecule has 0 aliphatic rings. The number of benzene rings is 1. The molecule has 1 N–H and O–H groups in total. The number of rotatable bonds is 7. The normalized spacial score (nSPS) is 14.7. The third-order valence-electron chi connectivity index (χ3n) is 3.16. The van der Waals surface area contributed by atoms with Crippen molar-refractivity contribution < 1.29 is 108 Å². The van der Waals surface area contributed by atoms with Crippen LogP contribution in [0, 0.1) is 9.39 Å². The van der Waals surface area contributed by atoms with Crippen LogP contribution in [0.3, 0.4) is 0 Å². The SMILES string of the molecule is Fc1ccc([I+]CC(F)(F)C(F)(F)F)cc1.O=S(=O)(NS(=O)(=O)C(F)(F)C(F)(F)F)C(F)(F)C(F)(F)F. The molecule has 0 amide bonds. The molecule has 0 aromatic heterocycles. The molecule has 0 spiro atoms. The smallest absolute Gasteiger partial charge is 0.207 e. The lowest BCUT2D eigenvalue weighted by Crippen LogP contribution is -3.63. The van der Waals surface area contributed by atoms with E-state index in [1.54, 1.807) is 0 Å². The van der Waals surface area contributed by atoms with Crippen molar-refractivity contribution in [3.8, 4) is 0 Å². The van der Waals surface area contributed by atoms with Gasteiger partial charge in [-0.15, -0.1) is 0 Å². The van der Waals surface area contributed by atoms with Gasteiger partial charge in [-0.1, -0.05) is 4.13 Å². The van der Waals surface area contributed by atoms with Gasteiger partial charge in [0.05, 0.1) is 0 Å². The summed E-state index contributed by atoms with van der Waals surface area (Å²) < 4.78 is 232. The molecule has 0 aliphatic carbocycles. The number of alkyl halides is 16. The van der Waals surface area contributed by atoms with Crippen LogP contribution in [0.25, 0.3) is 0 Å². The van der Waals surface area contributed by atoms with E-state index in [2.05, 4.69) is 0 Å². The minimum atomic E-state index is -7.49. The van der Waals surface area contributed by atoms with Crippen molar-refractivity contribution in [2.45, 2.75) is 35.0 Å². The minimum absolute atomic E-state index is 0.351.